The normalized spacial score (nSPS) is 17.6. The third kappa shape index (κ3) is 7.39. The Morgan fingerprint density at radius 3 is 2.53 bits per heavy atom. The molecular formula is C35H40N6O3S. The fraction of sp³-hybridized carbons (Fsp3) is 0.400. The van der Waals surface area contributed by atoms with Crippen LogP contribution < -0.4 is 14.2 Å². The van der Waals surface area contributed by atoms with Crippen molar-refractivity contribution in [3.63, 3.8) is 0 Å². The van der Waals surface area contributed by atoms with Crippen LogP contribution in [0.1, 0.15) is 73.3 Å². The van der Waals surface area contributed by atoms with E-state index in [1.807, 2.05) is 42.2 Å². The number of hydrogen-bond acceptors (Lipinski definition) is 9. The van der Waals surface area contributed by atoms with E-state index in [-0.39, 0.29) is 31.2 Å². The zero-order valence-corrected chi connectivity index (χ0v) is 27.1. The van der Waals surface area contributed by atoms with Crippen LogP contribution in [0.3, 0.4) is 0 Å². The molecule has 1 amide bonds. The lowest BCUT2D eigenvalue weighted by atomic mass is 9.80. The van der Waals surface area contributed by atoms with Crippen molar-refractivity contribution in [2.75, 3.05) is 11.3 Å². The van der Waals surface area contributed by atoms with Gasteiger partial charge < -0.3 is 14.4 Å². The predicted octanol–water partition coefficient (Wildman–Crippen LogP) is 7.44. The third-order valence-electron chi connectivity index (χ3n) is 8.64. The Labute approximate surface area is 269 Å². The summed E-state index contributed by atoms with van der Waals surface area (Å²) in [5, 5.41) is 0. The second-order valence-electron chi connectivity index (χ2n) is 12.0. The average molecular weight is 625 g/mol. The van der Waals surface area contributed by atoms with E-state index in [4.69, 9.17) is 19.4 Å². The maximum Gasteiger partial charge on any atom is 0.254 e. The minimum Gasteiger partial charge on any atom is -0.487 e. The minimum absolute atomic E-state index is 0.0707. The average Bonchev–Trinajstić information content (AvgIpc) is 3.02. The van der Waals surface area contributed by atoms with E-state index in [0.717, 1.165) is 53.0 Å². The van der Waals surface area contributed by atoms with E-state index in [1.165, 1.54) is 18.4 Å². The monoisotopic (exact) mass is 624 g/mol. The number of hydrogen-bond donors (Lipinski definition) is 1. The van der Waals surface area contributed by atoms with Crippen LogP contribution in [0.15, 0.2) is 65.8 Å². The molecule has 2 aromatic carbocycles. The highest BCUT2D eigenvalue weighted by Crippen LogP contribution is 2.34. The molecule has 1 saturated carbocycles. The largest absolute Gasteiger partial charge is 0.487 e. The van der Waals surface area contributed by atoms with Crippen molar-refractivity contribution in [1.29, 1.82) is 0 Å². The van der Waals surface area contributed by atoms with E-state index >= 15 is 0 Å². The number of amides is 1. The van der Waals surface area contributed by atoms with Crippen LogP contribution in [0.25, 0.3) is 11.3 Å². The molecule has 0 radical (unpaired) electrons. The van der Waals surface area contributed by atoms with Gasteiger partial charge in [-0.25, -0.2) is 15.0 Å². The fourth-order valence-corrected chi connectivity index (χ4v) is 6.39. The summed E-state index contributed by atoms with van der Waals surface area (Å²) in [4.78, 5) is 35.8. The number of aryl methyl sites for hydroxylation is 2. The van der Waals surface area contributed by atoms with Gasteiger partial charge in [0.2, 0.25) is 11.8 Å². The molecule has 6 rings (SSSR count). The van der Waals surface area contributed by atoms with Gasteiger partial charge in [-0.2, -0.15) is 4.98 Å². The number of benzene rings is 2. The standard InChI is InChI=1S/C35H40N6O3S/c1-5-24(4)44-28-18-36-31(37-19-28)20-41-27(15-25-11-7-12-25)21-43-32-17-30(33-22(2)9-6-10-23(33)3)38-35(39-32)40-45-29-14-8-13-26(16-29)34(41)42/h6,8-10,13-14,16-19,24-25,27H,5,7,11-12,15,20-21H2,1-4H3,(H,38,39,40)/t24-,27+/m0/s1. The van der Waals surface area contributed by atoms with Crippen molar-refractivity contribution >= 4 is 23.8 Å². The van der Waals surface area contributed by atoms with E-state index < -0.39 is 0 Å². The maximum absolute atomic E-state index is 14.3. The van der Waals surface area contributed by atoms with E-state index in [9.17, 15) is 4.79 Å². The van der Waals surface area contributed by atoms with Gasteiger partial charge in [-0.3, -0.25) is 9.52 Å². The summed E-state index contributed by atoms with van der Waals surface area (Å²) in [5.74, 6) is 2.54. The van der Waals surface area contributed by atoms with E-state index in [2.05, 4.69) is 53.7 Å². The van der Waals surface area contributed by atoms with Gasteiger partial charge in [-0.15, -0.1) is 0 Å². The topological polar surface area (TPSA) is 102 Å². The van der Waals surface area contributed by atoms with Crippen LogP contribution in [0, 0.1) is 19.8 Å². The number of carbonyl (C=O) groups excluding carboxylic acids is 1. The first-order valence-corrected chi connectivity index (χ1v) is 16.6. The summed E-state index contributed by atoms with van der Waals surface area (Å²) < 4.78 is 15.7. The van der Waals surface area contributed by atoms with Crippen molar-refractivity contribution in [3.8, 4) is 22.9 Å². The first-order valence-electron chi connectivity index (χ1n) is 15.8. The summed E-state index contributed by atoms with van der Waals surface area (Å²) in [7, 11) is 0. The van der Waals surface area contributed by atoms with E-state index in [1.54, 1.807) is 12.4 Å². The summed E-state index contributed by atoms with van der Waals surface area (Å²) in [6.45, 7) is 8.80. The number of nitrogens with zero attached hydrogens (tertiary/aromatic N) is 5. The van der Waals surface area contributed by atoms with Crippen molar-refractivity contribution in [3.05, 3.63) is 83.4 Å². The zero-order valence-electron chi connectivity index (χ0n) is 26.3. The third-order valence-corrected chi connectivity index (χ3v) is 9.42. The minimum atomic E-state index is -0.213. The molecule has 2 aliphatic rings. The number of rotatable bonds is 8. The maximum atomic E-state index is 14.3. The summed E-state index contributed by atoms with van der Waals surface area (Å²) in [6, 6.07) is 15.6. The van der Waals surface area contributed by atoms with Crippen LogP contribution in [-0.2, 0) is 6.54 Å². The molecule has 45 heavy (non-hydrogen) atoms. The molecule has 1 fully saturated rings. The smallest absolute Gasteiger partial charge is 0.254 e. The molecule has 10 heteroatoms. The lowest BCUT2D eigenvalue weighted by Gasteiger charge is -2.36. The Morgan fingerprint density at radius 2 is 1.82 bits per heavy atom. The molecule has 4 bridgehead atoms. The van der Waals surface area contributed by atoms with Crippen LogP contribution in [0.5, 0.6) is 11.6 Å². The Morgan fingerprint density at radius 1 is 1.07 bits per heavy atom. The number of aromatic nitrogens is 4. The second kappa shape index (κ2) is 13.9. The van der Waals surface area contributed by atoms with Gasteiger partial charge in [0.15, 0.2) is 5.75 Å². The molecular weight excluding hydrogens is 584 g/mol. The molecule has 0 unspecified atom stereocenters. The zero-order chi connectivity index (χ0) is 31.3. The van der Waals surface area contributed by atoms with Gasteiger partial charge in [-0.1, -0.05) is 50.5 Å². The van der Waals surface area contributed by atoms with Crippen molar-refractivity contribution in [1.82, 2.24) is 24.8 Å². The Balaban J connectivity index is 1.37. The lowest BCUT2D eigenvalue weighted by molar-refractivity contribution is 0.0504. The number of nitrogens with one attached hydrogen (secondary N) is 1. The molecule has 0 saturated heterocycles. The van der Waals surface area contributed by atoms with Crippen LogP contribution in [0.4, 0.5) is 5.95 Å². The van der Waals surface area contributed by atoms with Crippen LogP contribution >= 0.6 is 11.9 Å². The summed E-state index contributed by atoms with van der Waals surface area (Å²) in [6.07, 6.45) is 8.69. The molecule has 1 aliphatic heterocycles. The van der Waals surface area contributed by atoms with E-state index in [0.29, 0.717) is 34.9 Å². The van der Waals surface area contributed by atoms with Crippen LogP contribution in [-0.4, -0.2) is 49.5 Å². The highest BCUT2D eigenvalue weighted by molar-refractivity contribution is 8.00. The number of fused-ring (bicyclic) bond motifs is 4. The highest BCUT2D eigenvalue weighted by Gasteiger charge is 2.32. The van der Waals surface area contributed by atoms with Gasteiger partial charge in [0.05, 0.1) is 36.8 Å². The number of ether oxygens (including phenoxy) is 2. The van der Waals surface area contributed by atoms with Gasteiger partial charge in [0.1, 0.15) is 12.4 Å². The number of carbonyl (C=O) groups is 1. The second-order valence-corrected chi connectivity index (χ2v) is 12.9. The van der Waals surface area contributed by atoms with Crippen LogP contribution in [0.2, 0.25) is 0 Å². The first kappa shape index (κ1) is 30.8. The van der Waals surface area contributed by atoms with Gasteiger partial charge >= 0.3 is 0 Å². The van der Waals surface area contributed by atoms with Gasteiger partial charge in [-0.05, 0) is 80.8 Å². The Kier molecular flexibility index (Phi) is 9.49. The summed E-state index contributed by atoms with van der Waals surface area (Å²) in [5.41, 5.74) is 4.71. The predicted molar refractivity (Wildman–Crippen MR) is 176 cm³/mol. The van der Waals surface area contributed by atoms with Gasteiger partial charge in [0.25, 0.3) is 5.91 Å². The van der Waals surface area contributed by atoms with Gasteiger partial charge in [0, 0.05) is 22.1 Å². The fourth-order valence-electron chi connectivity index (χ4n) is 5.75. The van der Waals surface area contributed by atoms with Crippen molar-refractivity contribution in [2.45, 2.75) is 83.4 Å². The molecule has 2 aromatic heterocycles. The highest BCUT2D eigenvalue weighted by atomic mass is 32.2. The molecule has 2 atom stereocenters. The molecule has 234 valence electrons. The number of anilines is 1. The lowest BCUT2D eigenvalue weighted by Crippen LogP contribution is -2.45. The molecule has 1 aliphatic carbocycles. The quantitative estimate of drug-likeness (QED) is 0.200. The summed E-state index contributed by atoms with van der Waals surface area (Å²) >= 11 is 1.37. The first-order chi connectivity index (χ1) is 21.9. The van der Waals surface area contributed by atoms with Crippen molar-refractivity contribution < 1.29 is 14.3 Å². The molecule has 3 heterocycles. The Bertz CT molecular complexity index is 1620. The molecule has 4 aromatic rings. The molecule has 1 N–H and O–H groups in total. The molecule has 9 nitrogen and oxygen atoms in total. The Hall–Kier alpha value is -4.18. The van der Waals surface area contributed by atoms with Crippen molar-refractivity contribution in [2.24, 2.45) is 5.92 Å². The molecule has 0 spiro atoms. The SMILES string of the molecule is CC[C@H](C)Oc1cnc(CN2C(=O)c3cccc(c3)SNc3nc(cc(-c4c(C)cccc4C)n3)OC[C@H]2CC2CCC2)nc1.